The van der Waals surface area contributed by atoms with Crippen LogP contribution in [0.15, 0.2) is 0 Å². The molecule has 0 rings (SSSR count). The summed E-state index contributed by atoms with van der Waals surface area (Å²) in [5.41, 5.74) is 1.79. The van der Waals surface area contributed by atoms with Gasteiger partial charge in [-0.05, 0) is 48.0 Å². The zero-order chi connectivity index (χ0) is 17.1. The molecule has 0 saturated heterocycles. The Labute approximate surface area is 124 Å². The van der Waals surface area contributed by atoms with Crippen LogP contribution < -0.4 is 5.73 Å². The minimum absolute atomic E-state index is 0.292. The van der Waals surface area contributed by atoms with Gasteiger partial charge in [-0.2, -0.15) is 0 Å². The van der Waals surface area contributed by atoms with Crippen LogP contribution in [0.25, 0.3) is 0 Å². The quantitative estimate of drug-likeness (QED) is 0.579. The molecule has 0 aromatic rings. The van der Waals surface area contributed by atoms with Crippen molar-refractivity contribution in [2.75, 3.05) is 0 Å². The molecule has 1 atom stereocenters. The second kappa shape index (κ2) is 6.43. The summed E-state index contributed by atoms with van der Waals surface area (Å²) in [6.07, 6.45) is -0.689. The Hall–Kier alpha value is -1.63. The lowest BCUT2D eigenvalue weighted by molar-refractivity contribution is -0.170. The summed E-state index contributed by atoms with van der Waals surface area (Å²) < 4.78 is 10.1. The number of aliphatic carboxylic acids is 1. The van der Waals surface area contributed by atoms with Crippen molar-refractivity contribution in [1.82, 2.24) is 0 Å². The third kappa shape index (κ3) is 7.08. The Morgan fingerprint density at radius 2 is 1.38 bits per heavy atom. The van der Waals surface area contributed by atoms with E-state index in [4.69, 9.17) is 20.3 Å². The largest absolute Gasteiger partial charge is 0.479 e. The van der Waals surface area contributed by atoms with Crippen LogP contribution >= 0.6 is 0 Å². The summed E-state index contributed by atoms with van der Waals surface area (Å²) in [4.78, 5) is 34.8. The van der Waals surface area contributed by atoms with E-state index in [-0.39, 0.29) is 6.42 Å². The van der Waals surface area contributed by atoms with Crippen LogP contribution in [0.5, 0.6) is 0 Å². The molecule has 3 N–H and O–H groups in total. The Bertz CT molecular complexity index is 418. The number of hydrogen-bond donors (Lipinski definition) is 2. The Balaban J connectivity index is 4.88. The van der Waals surface area contributed by atoms with Gasteiger partial charge in [0.05, 0.1) is 0 Å². The maximum atomic E-state index is 11.9. The van der Waals surface area contributed by atoms with Crippen molar-refractivity contribution in [2.24, 2.45) is 5.73 Å². The smallest absolute Gasteiger partial charge is 0.338 e. The fourth-order valence-electron chi connectivity index (χ4n) is 1.36. The molecule has 0 radical (unpaired) electrons. The highest BCUT2D eigenvalue weighted by Gasteiger charge is 2.45. The summed E-state index contributed by atoms with van der Waals surface area (Å²) >= 11 is 0. The normalized spacial score (nSPS) is 15.0. The summed E-state index contributed by atoms with van der Waals surface area (Å²) in [7, 11) is 0. The van der Waals surface area contributed by atoms with Gasteiger partial charge in [0.25, 0.3) is 0 Å². The Morgan fingerprint density at radius 1 is 0.952 bits per heavy atom. The molecule has 0 aliphatic carbocycles. The van der Waals surface area contributed by atoms with Gasteiger partial charge in [0.15, 0.2) is 0 Å². The lowest BCUT2D eigenvalue weighted by Crippen LogP contribution is -2.57. The van der Waals surface area contributed by atoms with Gasteiger partial charge in [0.2, 0.25) is 5.54 Å². The molecule has 122 valence electrons. The standard InChI is InChI=1S/C14H25NO6/c1-12(2,3)20-9(16)7-8-14(15,10(17)18)11(19)21-13(4,5)6/h7-8,15H2,1-6H3,(H,17,18)/t14-/m0/s1. The SMILES string of the molecule is CC(C)(C)OC(=O)CC[C@](N)(C(=O)O)C(=O)OC(C)(C)C. The van der Waals surface area contributed by atoms with E-state index in [0.717, 1.165) is 0 Å². The molecule has 7 nitrogen and oxygen atoms in total. The number of carbonyl (C=O) groups excluding carboxylic acids is 2. The maximum absolute atomic E-state index is 11.9. The second-order valence-electron chi connectivity index (χ2n) is 6.86. The van der Waals surface area contributed by atoms with Crippen LogP contribution in [0, 0.1) is 0 Å². The van der Waals surface area contributed by atoms with Crippen molar-refractivity contribution in [3.8, 4) is 0 Å². The number of hydrogen-bond acceptors (Lipinski definition) is 6. The van der Waals surface area contributed by atoms with Crippen LogP contribution in [-0.2, 0) is 23.9 Å². The van der Waals surface area contributed by atoms with Gasteiger partial charge in [0, 0.05) is 6.42 Å². The van der Waals surface area contributed by atoms with Crippen LogP contribution in [0.1, 0.15) is 54.4 Å². The predicted octanol–water partition coefficient (Wildman–Crippen LogP) is 1.23. The van der Waals surface area contributed by atoms with Crippen molar-refractivity contribution in [3.63, 3.8) is 0 Å². The zero-order valence-electron chi connectivity index (χ0n) is 13.5. The van der Waals surface area contributed by atoms with Gasteiger partial charge >= 0.3 is 17.9 Å². The molecule has 21 heavy (non-hydrogen) atoms. The number of esters is 2. The van der Waals surface area contributed by atoms with Gasteiger partial charge in [-0.3, -0.25) is 4.79 Å². The van der Waals surface area contributed by atoms with E-state index in [1.165, 1.54) is 0 Å². The summed E-state index contributed by atoms with van der Waals surface area (Å²) in [5.74, 6) is -3.24. The van der Waals surface area contributed by atoms with Crippen molar-refractivity contribution in [1.29, 1.82) is 0 Å². The monoisotopic (exact) mass is 303 g/mol. The van der Waals surface area contributed by atoms with Gasteiger partial charge in [0.1, 0.15) is 11.2 Å². The second-order valence-corrected chi connectivity index (χ2v) is 6.86. The Morgan fingerprint density at radius 3 is 1.71 bits per heavy atom. The van der Waals surface area contributed by atoms with Crippen molar-refractivity contribution in [2.45, 2.75) is 71.1 Å². The van der Waals surface area contributed by atoms with E-state index in [9.17, 15) is 14.4 Å². The molecule has 0 aliphatic rings. The molecule has 0 amide bonds. The average molecular weight is 303 g/mol. The van der Waals surface area contributed by atoms with Crippen LogP contribution in [0.2, 0.25) is 0 Å². The molecule has 0 bridgehead atoms. The molecule has 0 saturated carbocycles. The Kier molecular flexibility index (Phi) is 5.93. The van der Waals surface area contributed by atoms with E-state index in [0.29, 0.717) is 0 Å². The first-order valence-electron chi connectivity index (χ1n) is 6.65. The molecule has 0 aromatic carbocycles. The summed E-state index contributed by atoms with van der Waals surface area (Å²) in [6, 6.07) is 0. The minimum atomic E-state index is -2.27. The first-order chi connectivity index (χ1) is 9.17. The van der Waals surface area contributed by atoms with Crippen LogP contribution in [0.4, 0.5) is 0 Å². The van der Waals surface area contributed by atoms with E-state index < -0.39 is 41.1 Å². The van der Waals surface area contributed by atoms with E-state index in [1.807, 2.05) is 0 Å². The highest BCUT2D eigenvalue weighted by molar-refractivity contribution is 6.04. The van der Waals surface area contributed by atoms with E-state index in [1.54, 1.807) is 41.5 Å². The highest BCUT2D eigenvalue weighted by atomic mass is 16.6. The lowest BCUT2D eigenvalue weighted by atomic mass is 9.94. The third-order valence-electron chi connectivity index (χ3n) is 2.29. The molecule has 7 heteroatoms. The highest BCUT2D eigenvalue weighted by Crippen LogP contribution is 2.19. The molecule has 0 fully saturated rings. The van der Waals surface area contributed by atoms with Crippen molar-refractivity contribution in [3.05, 3.63) is 0 Å². The molecular formula is C14H25NO6. The number of carbonyl (C=O) groups is 3. The number of rotatable bonds is 5. The minimum Gasteiger partial charge on any atom is -0.479 e. The first-order valence-corrected chi connectivity index (χ1v) is 6.65. The molecule has 0 unspecified atom stereocenters. The summed E-state index contributed by atoms with van der Waals surface area (Å²) in [5, 5.41) is 9.17. The van der Waals surface area contributed by atoms with Gasteiger partial charge in [-0.25, -0.2) is 9.59 Å². The van der Waals surface area contributed by atoms with Crippen molar-refractivity contribution >= 4 is 17.9 Å². The van der Waals surface area contributed by atoms with Gasteiger partial charge in [-0.15, -0.1) is 0 Å². The molecule has 0 spiro atoms. The first kappa shape index (κ1) is 19.4. The maximum Gasteiger partial charge on any atom is 0.338 e. The van der Waals surface area contributed by atoms with E-state index in [2.05, 4.69) is 0 Å². The zero-order valence-corrected chi connectivity index (χ0v) is 13.5. The predicted molar refractivity (Wildman–Crippen MR) is 75.5 cm³/mol. The molecular weight excluding hydrogens is 278 g/mol. The number of ether oxygens (including phenoxy) is 2. The fraction of sp³-hybridized carbons (Fsp3) is 0.786. The van der Waals surface area contributed by atoms with E-state index >= 15 is 0 Å². The molecule has 0 aliphatic heterocycles. The molecule has 0 aromatic heterocycles. The van der Waals surface area contributed by atoms with Crippen LogP contribution in [0.3, 0.4) is 0 Å². The number of nitrogens with two attached hydrogens (primary N) is 1. The lowest BCUT2D eigenvalue weighted by Gasteiger charge is -2.28. The fourth-order valence-corrected chi connectivity index (χ4v) is 1.36. The third-order valence-corrected chi connectivity index (χ3v) is 2.29. The van der Waals surface area contributed by atoms with Gasteiger partial charge in [-0.1, -0.05) is 0 Å². The number of carboxylic acids is 1. The number of carboxylic acid groups (broad SMARTS) is 1. The molecule has 0 heterocycles. The van der Waals surface area contributed by atoms with Gasteiger partial charge < -0.3 is 20.3 Å². The summed E-state index contributed by atoms with van der Waals surface area (Å²) in [6.45, 7) is 9.85. The topological polar surface area (TPSA) is 116 Å². The van der Waals surface area contributed by atoms with Crippen molar-refractivity contribution < 1.29 is 29.0 Å². The van der Waals surface area contributed by atoms with Crippen LogP contribution in [-0.4, -0.2) is 39.8 Å². The average Bonchev–Trinajstić information content (AvgIpc) is 2.20.